The minimum atomic E-state index is -0.398. The van der Waals surface area contributed by atoms with E-state index in [4.69, 9.17) is 0 Å². The third-order valence-electron chi connectivity index (χ3n) is 5.53. The van der Waals surface area contributed by atoms with Gasteiger partial charge in [0.1, 0.15) is 0 Å². The fourth-order valence-corrected chi connectivity index (χ4v) is 3.84. The standard InChI is InChI=1S/C14H20N2O.C14H19N2O.3Ac.H2O/c2*1-10(2)15-9-13(17)8-12-7-11-5-3-4-6-14(11)16-12;;;;/h3-7,10,13,15-17H,8-9H2,1-2H3;3-7,10,13,16-17H,8-9H2,1-2H3;;;;1H2/q;-1;;;;/t2*13-;;;;/m11..../s1. The summed E-state index contributed by atoms with van der Waals surface area (Å²) >= 11 is 0. The minimum absolute atomic E-state index is 0. The van der Waals surface area contributed by atoms with E-state index < -0.39 is 6.10 Å². The molecule has 4 rings (SSSR count). The summed E-state index contributed by atoms with van der Waals surface area (Å²) in [5.41, 5.74) is 4.41. The molecule has 7 nitrogen and oxygen atoms in total. The van der Waals surface area contributed by atoms with Gasteiger partial charge in [0.05, 0.1) is 6.10 Å². The van der Waals surface area contributed by atoms with Crippen LogP contribution in [-0.4, -0.2) is 63.0 Å². The predicted octanol–water partition coefficient (Wildman–Crippen LogP) is 4.10. The molecular weight excluding hydrogens is 1120 g/mol. The van der Waals surface area contributed by atoms with Gasteiger partial charge in [-0.15, -0.1) is 12.6 Å². The molecule has 0 aliphatic rings. The number of benzene rings is 2. The van der Waals surface area contributed by atoms with Crippen LogP contribution in [0.5, 0.6) is 0 Å². The molecule has 0 unspecified atom stereocenters. The van der Waals surface area contributed by atoms with Gasteiger partial charge in [-0.2, -0.15) is 0 Å². The fourth-order valence-electron chi connectivity index (χ4n) is 3.84. The van der Waals surface area contributed by atoms with Crippen LogP contribution in [-0.2, 0) is 12.8 Å². The molecule has 0 aliphatic carbocycles. The number of fused-ring (bicyclic) bond motifs is 2. The van der Waals surface area contributed by atoms with Crippen molar-refractivity contribution < 1.29 is 148 Å². The Balaban J connectivity index is 0. The molecule has 7 N–H and O–H groups in total. The quantitative estimate of drug-likeness (QED) is 0.164. The van der Waals surface area contributed by atoms with E-state index in [9.17, 15) is 10.2 Å². The third kappa shape index (κ3) is 15.2. The Morgan fingerprint density at radius 1 is 0.737 bits per heavy atom. The van der Waals surface area contributed by atoms with E-state index in [0.717, 1.165) is 22.4 Å². The number of para-hydroxylation sites is 2. The van der Waals surface area contributed by atoms with E-state index in [2.05, 4.69) is 64.8 Å². The first-order valence-corrected chi connectivity index (χ1v) is 12.2. The molecule has 2 atom stereocenters. The van der Waals surface area contributed by atoms with E-state index in [1.165, 1.54) is 10.8 Å². The van der Waals surface area contributed by atoms with E-state index in [0.29, 0.717) is 32.0 Å². The Morgan fingerprint density at radius 2 is 1.18 bits per heavy atom. The second kappa shape index (κ2) is 22.2. The zero-order valence-corrected chi connectivity index (χ0v) is 37.2. The Kier molecular flexibility index (Phi) is 24.4. The molecule has 3 radical (unpaired) electrons. The molecule has 201 valence electrons. The van der Waals surface area contributed by atoms with Gasteiger partial charge in [-0.05, 0) is 35.0 Å². The van der Waals surface area contributed by atoms with Gasteiger partial charge in [-0.1, -0.05) is 64.1 Å². The molecule has 2 aromatic carbocycles. The van der Waals surface area contributed by atoms with Gasteiger partial charge >= 0.3 is 0 Å². The van der Waals surface area contributed by atoms with Crippen LogP contribution in [0.4, 0.5) is 0 Å². The number of hydrogen-bond donors (Lipinski definition) is 5. The van der Waals surface area contributed by atoms with Crippen LogP contribution in [0.15, 0.2) is 60.7 Å². The maximum Gasteiger partial charge on any atom is 0.0719 e. The molecule has 38 heavy (non-hydrogen) atoms. The van der Waals surface area contributed by atoms with Crippen LogP contribution >= 0.6 is 0 Å². The molecule has 2 heterocycles. The van der Waals surface area contributed by atoms with Gasteiger partial charge in [0.2, 0.25) is 0 Å². The first-order valence-electron chi connectivity index (χ1n) is 12.2. The number of rotatable bonds is 10. The second-order valence-corrected chi connectivity index (χ2v) is 9.50. The first-order chi connectivity index (χ1) is 16.3. The SMILES string of the molecule is CC(C)NC[C@H](O)Cc1cc2ccccc2[nH]1.CC(C)[N-]C[C@H](O)Cc1cc2ccccc2[nH]1.O.[Ac].[Ac].[Ac]. The fraction of sp³-hybridized carbons (Fsp3) is 0.429. The largest absolute Gasteiger partial charge is 0.658 e. The van der Waals surface area contributed by atoms with E-state index in [1.54, 1.807) is 0 Å². The smallest absolute Gasteiger partial charge is 0.0719 e. The summed E-state index contributed by atoms with van der Waals surface area (Å²) in [5.74, 6) is 0. The molecule has 0 saturated heterocycles. The average molecular weight is 1160 g/mol. The maximum atomic E-state index is 9.89. The number of nitrogens with one attached hydrogen (secondary N) is 3. The second-order valence-electron chi connectivity index (χ2n) is 9.50. The van der Waals surface area contributed by atoms with Gasteiger partial charge in [0, 0.05) is 186 Å². The van der Waals surface area contributed by atoms with Gasteiger partial charge < -0.3 is 36.3 Å². The monoisotopic (exact) mass is 1160 g/mol. The molecule has 10 heteroatoms. The molecule has 0 saturated carbocycles. The molecule has 0 amide bonds. The van der Waals surface area contributed by atoms with E-state index in [-0.39, 0.29) is 150 Å². The number of aliphatic hydroxyl groups excluding tert-OH is 2. The topological polar surface area (TPSA) is 130 Å². The Morgan fingerprint density at radius 3 is 1.61 bits per heavy atom. The van der Waals surface area contributed by atoms with Crippen LogP contribution in [0.25, 0.3) is 27.1 Å². The molecule has 0 bridgehead atoms. The number of nitrogens with zero attached hydrogens (tertiary/aromatic N) is 1. The van der Waals surface area contributed by atoms with Crippen LogP contribution in [0, 0.1) is 132 Å². The average Bonchev–Trinajstić information content (AvgIpc) is 3.39. The van der Waals surface area contributed by atoms with Crippen LogP contribution in [0.1, 0.15) is 39.1 Å². The van der Waals surface area contributed by atoms with Crippen molar-refractivity contribution in [2.45, 2.75) is 64.8 Å². The maximum absolute atomic E-state index is 9.89. The van der Waals surface area contributed by atoms with Crippen LogP contribution in [0.2, 0.25) is 0 Å². The summed E-state index contributed by atoms with van der Waals surface area (Å²) in [4.78, 5) is 6.64. The van der Waals surface area contributed by atoms with Crippen LogP contribution < -0.4 is 5.32 Å². The number of aliphatic hydroxyl groups is 2. The van der Waals surface area contributed by atoms with E-state index >= 15 is 0 Å². The van der Waals surface area contributed by atoms with Crippen molar-refractivity contribution in [2.24, 2.45) is 0 Å². The number of H-pyrrole nitrogens is 2. The molecular formula is C28H41Ac3N4O3-. The molecule has 0 aliphatic heterocycles. The molecule has 0 spiro atoms. The zero-order chi connectivity index (χ0) is 24.5. The van der Waals surface area contributed by atoms with Crippen molar-refractivity contribution in [3.63, 3.8) is 0 Å². The summed E-state index contributed by atoms with van der Waals surface area (Å²) in [5, 5.41) is 29.7. The molecule has 2 aromatic heterocycles. The predicted molar refractivity (Wildman–Crippen MR) is 146 cm³/mol. The van der Waals surface area contributed by atoms with Gasteiger partial charge in [0.15, 0.2) is 0 Å². The molecule has 0 fully saturated rings. The van der Waals surface area contributed by atoms with Crippen molar-refractivity contribution in [2.75, 3.05) is 13.1 Å². The van der Waals surface area contributed by atoms with Gasteiger partial charge in [-0.25, -0.2) is 0 Å². The zero-order valence-electron chi connectivity index (χ0n) is 23.0. The number of aromatic amines is 2. The minimum Gasteiger partial charge on any atom is -0.658 e. The van der Waals surface area contributed by atoms with Crippen molar-refractivity contribution >= 4 is 21.8 Å². The van der Waals surface area contributed by atoms with Crippen molar-refractivity contribution in [1.82, 2.24) is 15.3 Å². The van der Waals surface area contributed by atoms with Crippen LogP contribution in [0.3, 0.4) is 0 Å². The summed E-state index contributed by atoms with van der Waals surface area (Å²) in [6.07, 6.45) is 0.551. The van der Waals surface area contributed by atoms with Gasteiger partial charge in [-0.3, -0.25) is 0 Å². The third-order valence-corrected chi connectivity index (χ3v) is 5.53. The Labute approximate surface area is 334 Å². The van der Waals surface area contributed by atoms with Crippen molar-refractivity contribution in [3.8, 4) is 0 Å². The summed E-state index contributed by atoms with van der Waals surface area (Å²) in [6, 6.07) is 21.2. The normalized spacial score (nSPS) is 12.0. The van der Waals surface area contributed by atoms with Crippen molar-refractivity contribution in [3.05, 3.63) is 77.4 Å². The number of hydrogen-bond acceptors (Lipinski definition) is 3. The molecule has 4 aromatic rings. The Hall–Kier alpha value is 1.64. The summed E-state index contributed by atoms with van der Waals surface area (Å²) < 4.78 is 0. The Bertz CT molecular complexity index is 995. The summed E-state index contributed by atoms with van der Waals surface area (Å²) in [6.45, 7) is 9.34. The number of aromatic nitrogens is 2. The first kappa shape index (κ1) is 41.8. The van der Waals surface area contributed by atoms with E-state index in [1.807, 2.05) is 44.2 Å². The van der Waals surface area contributed by atoms with Crippen molar-refractivity contribution in [1.29, 1.82) is 0 Å². The van der Waals surface area contributed by atoms with Gasteiger partial charge in [0.25, 0.3) is 0 Å². The summed E-state index contributed by atoms with van der Waals surface area (Å²) in [7, 11) is 0.